The fourth-order valence-corrected chi connectivity index (χ4v) is 3.87. The fourth-order valence-electron chi connectivity index (χ4n) is 3.87. The van der Waals surface area contributed by atoms with Crippen molar-refractivity contribution < 1.29 is 29.3 Å². The van der Waals surface area contributed by atoms with Crippen LogP contribution in [0.5, 0.6) is 5.75 Å². The summed E-state index contributed by atoms with van der Waals surface area (Å²) in [5.41, 5.74) is 0.288. The molecule has 0 aromatic heterocycles. The van der Waals surface area contributed by atoms with Gasteiger partial charge < -0.3 is 25.0 Å². The maximum Gasteiger partial charge on any atom is 0.342 e. The maximum absolute atomic E-state index is 12.8. The molecule has 164 valence electrons. The molecule has 7 nitrogen and oxygen atoms in total. The van der Waals surface area contributed by atoms with Gasteiger partial charge in [-0.05, 0) is 37.1 Å². The normalized spacial score (nSPS) is 27.3. The lowest BCUT2D eigenvalue weighted by molar-refractivity contribution is -0.127. The Bertz CT molecular complexity index is 812. The van der Waals surface area contributed by atoms with Crippen molar-refractivity contribution in [3.8, 4) is 5.75 Å². The van der Waals surface area contributed by atoms with Crippen molar-refractivity contribution >= 4 is 11.9 Å². The van der Waals surface area contributed by atoms with E-state index >= 15 is 0 Å². The van der Waals surface area contributed by atoms with Crippen LogP contribution < -0.4 is 5.32 Å². The van der Waals surface area contributed by atoms with Crippen LogP contribution in [-0.2, 0) is 20.7 Å². The van der Waals surface area contributed by atoms with E-state index in [2.05, 4.69) is 5.32 Å². The molecule has 1 aromatic rings. The average Bonchev–Trinajstić information content (AvgIpc) is 2.63. The number of aliphatic hydroxyl groups excluding tert-OH is 1. The van der Waals surface area contributed by atoms with E-state index in [4.69, 9.17) is 9.47 Å². The van der Waals surface area contributed by atoms with Crippen LogP contribution in [0.25, 0.3) is 0 Å². The van der Waals surface area contributed by atoms with E-state index in [9.17, 15) is 19.8 Å². The number of benzene rings is 1. The molecule has 2 aliphatic rings. The molecule has 1 saturated heterocycles. The molecule has 1 aromatic carbocycles. The first kappa shape index (κ1) is 22.3. The van der Waals surface area contributed by atoms with Crippen molar-refractivity contribution in [3.05, 3.63) is 41.6 Å². The second kappa shape index (κ2) is 9.18. The number of esters is 1. The standard InChI is InChI=1S/C23H31NO6/c1-23(2,3)22(28)24-9-5-7-16-13-18-12-15(25)11-17(29-18)10-14-6-4-8-19(26)20(14)21(27)30-16/h4-6,8-9,15-18,25-26H,7,10-13H2,1-3H3,(H,24,28)/t15-,16?,17+,18?/m1/s1. The van der Waals surface area contributed by atoms with Gasteiger partial charge in [0.15, 0.2) is 0 Å². The number of aromatic hydroxyl groups is 1. The Balaban J connectivity index is 1.78. The Morgan fingerprint density at radius 3 is 2.70 bits per heavy atom. The third kappa shape index (κ3) is 5.61. The molecule has 0 saturated carbocycles. The Morgan fingerprint density at radius 1 is 1.23 bits per heavy atom. The molecule has 2 bridgehead atoms. The zero-order valence-corrected chi connectivity index (χ0v) is 17.8. The van der Waals surface area contributed by atoms with Crippen molar-refractivity contribution in [1.29, 1.82) is 0 Å². The largest absolute Gasteiger partial charge is 0.507 e. The molecule has 0 radical (unpaired) electrons. The van der Waals surface area contributed by atoms with Crippen molar-refractivity contribution in [2.75, 3.05) is 0 Å². The van der Waals surface area contributed by atoms with Crippen LogP contribution in [0.1, 0.15) is 62.4 Å². The minimum atomic E-state index is -0.569. The van der Waals surface area contributed by atoms with Crippen LogP contribution in [0.4, 0.5) is 0 Å². The molecule has 2 aliphatic heterocycles. The summed E-state index contributed by atoms with van der Waals surface area (Å²) in [5.74, 6) is -0.805. The molecule has 0 aliphatic carbocycles. The van der Waals surface area contributed by atoms with Gasteiger partial charge in [-0.15, -0.1) is 0 Å². The third-order valence-corrected chi connectivity index (χ3v) is 5.45. The summed E-state index contributed by atoms with van der Waals surface area (Å²) in [7, 11) is 0. The van der Waals surface area contributed by atoms with Crippen LogP contribution >= 0.6 is 0 Å². The quantitative estimate of drug-likeness (QED) is 0.653. The Kier molecular flexibility index (Phi) is 6.83. The summed E-state index contributed by atoms with van der Waals surface area (Å²) in [6, 6.07) is 4.92. The van der Waals surface area contributed by atoms with Crippen molar-refractivity contribution in [2.45, 2.75) is 77.3 Å². The Hall–Kier alpha value is -2.38. The molecular weight excluding hydrogens is 386 g/mol. The first-order valence-electron chi connectivity index (χ1n) is 10.4. The summed E-state index contributed by atoms with van der Waals surface area (Å²) < 4.78 is 11.9. The van der Waals surface area contributed by atoms with Gasteiger partial charge >= 0.3 is 5.97 Å². The summed E-state index contributed by atoms with van der Waals surface area (Å²) in [4.78, 5) is 24.8. The van der Waals surface area contributed by atoms with Gasteiger partial charge in [0.1, 0.15) is 17.4 Å². The van der Waals surface area contributed by atoms with Gasteiger partial charge in [0.2, 0.25) is 5.91 Å². The monoisotopic (exact) mass is 417 g/mol. The number of aliphatic hydroxyl groups is 1. The molecule has 30 heavy (non-hydrogen) atoms. The Morgan fingerprint density at radius 2 is 1.97 bits per heavy atom. The van der Waals surface area contributed by atoms with Gasteiger partial charge in [-0.1, -0.05) is 39.0 Å². The van der Waals surface area contributed by atoms with E-state index in [1.54, 1.807) is 24.4 Å². The highest BCUT2D eigenvalue weighted by Crippen LogP contribution is 2.32. The van der Waals surface area contributed by atoms with E-state index < -0.39 is 23.6 Å². The highest BCUT2D eigenvalue weighted by molar-refractivity contribution is 5.94. The maximum atomic E-state index is 12.8. The fraction of sp³-hybridized carbons (Fsp3) is 0.565. The lowest BCUT2D eigenvalue weighted by Crippen LogP contribution is -2.40. The first-order valence-corrected chi connectivity index (χ1v) is 10.4. The number of carbonyl (C=O) groups is 2. The number of fused-ring (bicyclic) bond motifs is 3. The van der Waals surface area contributed by atoms with Gasteiger partial charge in [0, 0.05) is 18.3 Å². The van der Waals surface area contributed by atoms with Gasteiger partial charge in [-0.3, -0.25) is 4.79 Å². The summed E-state index contributed by atoms with van der Waals surface area (Å²) in [5, 5.41) is 23.3. The number of cyclic esters (lactones) is 1. The van der Waals surface area contributed by atoms with Crippen molar-refractivity contribution in [1.82, 2.24) is 5.32 Å². The minimum Gasteiger partial charge on any atom is -0.507 e. The van der Waals surface area contributed by atoms with E-state index in [0.29, 0.717) is 37.7 Å². The van der Waals surface area contributed by atoms with E-state index in [-0.39, 0.29) is 29.4 Å². The number of carbonyl (C=O) groups excluding carboxylic acids is 2. The van der Waals surface area contributed by atoms with E-state index in [1.165, 1.54) is 6.07 Å². The lowest BCUT2D eigenvalue weighted by atomic mass is 9.91. The predicted molar refractivity (Wildman–Crippen MR) is 111 cm³/mol. The average molecular weight is 418 g/mol. The third-order valence-electron chi connectivity index (χ3n) is 5.45. The topological polar surface area (TPSA) is 105 Å². The molecule has 3 rings (SSSR count). The van der Waals surface area contributed by atoms with Gasteiger partial charge in [0.25, 0.3) is 0 Å². The second-order valence-electron chi connectivity index (χ2n) is 9.15. The van der Waals surface area contributed by atoms with Crippen molar-refractivity contribution in [3.63, 3.8) is 0 Å². The summed E-state index contributed by atoms with van der Waals surface area (Å²) in [6.07, 6.45) is 4.07. The smallest absolute Gasteiger partial charge is 0.342 e. The number of ether oxygens (including phenoxy) is 2. The number of hydrogen-bond donors (Lipinski definition) is 3. The van der Waals surface area contributed by atoms with Crippen LogP contribution in [0.3, 0.4) is 0 Å². The molecule has 0 spiro atoms. The number of amides is 1. The van der Waals surface area contributed by atoms with Crippen LogP contribution in [0.2, 0.25) is 0 Å². The second-order valence-corrected chi connectivity index (χ2v) is 9.15. The van der Waals surface area contributed by atoms with Crippen LogP contribution in [0.15, 0.2) is 30.5 Å². The summed E-state index contributed by atoms with van der Waals surface area (Å²) >= 11 is 0. The molecule has 4 atom stereocenters. The molecule has 3 N–H and O–H groups in total. The number of phenolic OH excluding ortho intramolecular Hbond substituents is 1. The zero-order valence-electron chi connectivity index (χ0n) is 17.8. The highest BCUT2D eigenvalue weighted by Gasteiger charge is 2.34. The van der Waals surface area contributed by atoms with Crippen LogP contribution in [0, 0.1) is 5.41 Å². The number of rotatable bonds is 3. The SMILES string of the molecule is CC(C)(C)C(=O)NC=CCC1CC2C[C@H](O)C[C@H](Cc3cccc(O)c3C(=O)O1)O2. The number of hydrogen-bond acceptors (Lipinski definition) is 6. The van der Waals surface area contributed by atoms with Gasteiger partial charge in [-0.2, -0.15) is 0 Å². The van der Waals surface area contributed by atoms with E-state index in [1.807, 2.05) is 20.8 Å². The lowest BCUT2D eigenvalue weighted by Gasteiger charge is -2.36. The van der Waals surface area contributed by atoms with Gasteiger partial charge in [0.05, 0.1) is 18.3 Å². The molecule has 2 unspecified atom stereocenters. The molecule has 7 heteroatoms. The van der Waals surface area contributed by atoms with Crippen LogP contribution in [-0.4, -0.2) is 46.5 Å². The molecule has 1 fully saturated rings. The zero-order chi connectivity index (χ0) is 21.9. The number of phenols is 1. The molecule has 2 heterocycles. The Labute approximate surface area is 177 Å². The summed E-state index contributed by atoms with van der Waals surface area (Å²) in [6.45, 7) is 5.47. The molecule has 1 amide bonds. The number of nitrogens with one attached hydrogen (secondary N) is 1. The molecular formula is C23H31NO6. The van der Waals surface area contributed by atoms with Gasteiger partial charge in [-0.25, -0.2) is 4.79 Å². The predicted octanol–water partition coefficient (Wildman–Crippen LogP) is 2.84. The van der Waals surface area contributed by atoms with Crippen molar-refractivity contribution in [2.24, 2.45) is 5.41 Å². The van der Waals surface area contributed by atoms with E-state index in [0.717, 1.165) is 0 Å². The highest BCUT2D eigenvalue weighted by atomic mass is 16.5. The minimum absolute atomic E-state index is 0.109. The first-order chi connectivity index (χ1) is 14.1.